The zero-order valence-electron chi connectivity index (χ0n) is 4.47. The van der Waals surface area contributed by atoms with Crippen LogP contribution in [0.1, 0.15) is 13.3 Å². The van der Waals surface area contributed by atoms with E-state index in [1.807, 2.05) is 0 Å². The third kappa shape index (κ3) is 6.16. The molecule has 0 aliphatic heterocycles. The van der Waals surface area contributed by atoms with Crippen molar-refractivity contribution in [2.24, 2.45) is 0 Å². The van der Waals surface area contributed by atoms with Gasteiger partial charge in [0.05, 0.1) is 5.91 Å². The van der Waals surface area contributed by atoms with E-state index in [1.54, 1.807) is 6.92 Å². The number of carbonyl (C=O) groups excluding carboxylic acids is 1. The molecule has 0 bridgehead atoms. The van der Waals surface area contributed by atoms with E-state index < -0.39 is 0 Å². The molecule has 0 unspecified atom stereocenters. The van der Waals surface area contributed by atoms with Crippen molar-refractivity contribution in [2.45, 2.75) is 13.3 Å². The predicted octanol–water partition coefficient (Wildman–Crippen LogP) is 0.924. The molecule has 0 atom stereocenters. The molecule has 0 aliphatic carbocycles. The van der Waals surface area contributed by atoms with Crippen LogP contribution in [-0.4, -0.2) is 13.0 Å². The van der Waals surface area contributed by atoms with Gasteiger partial charge in [0.1, 0.15) is 0 Å². The van der Waals surface area contributed by atoms with Crippen LogP contribution in [-0.2, 0) is 25.9 Å². The summed E-state index contributed by atoms with van der Waals surface area (Å²) in [4.78, 5) is 10.0. The fraction of sp³-hybridized carbons (Fsp3) is 0.750. The second-order valence-electron chi connectivity index (χ2n) is 0.971. The third-order valence-corrected chi connectivity index (χ3v) is 0.552. The van der Waals surface area contributed by atoms with Gasteiger partial charge in [0.2, 0.25) is 0 Å². The zero-order chi connectivity index (χ0) is 4.99. The first-order valence-corrected chi connectivity index (χ1v) is 1.94. The summed E-state index contributed by atoms with van der Waals surface area (Å²) in [6, 6.07) is 0. The first kappa shape index (κ1) is 10.2. The number of hydrogen-bond acceptors (Lipinski definition) is 1. The minimum atomic E-state index is -0.0324. The summed E-state index contributed by atoms with van der Waals surface area (Å²) in [7, 11) is 1.51. The van der Waals surface area contributed by atoms with Crippen LogP contribution in [0, 0.1) is 0 Å². The van der Waals surface area contributed by atoms with Gasteiger partial charge in [0.15, 0.2) is 0 Å². The van der Waals surface area contributed by atoms with Gasteiger partial charge < -0.3 is 10.1 Å². The van der Waals surface area contributed by atoms with Crippen LogP contribution >= 0.6 is 0 Å². The van der Waals surface area contributed by atoms with Crippen molar-refractivity contribution in [2.75, 3.05) is 7.05 Å². The van der Waals surface area contributed by atoms with E-state index in [4.69, 9.17) is 0 Å². The molecule has 0 aromatic carbocycles. The average Bonchev–Trinajstić information content (AvgIpc) is 1.65. The van der Waals surface area contributed by atoms with Gasteiger partial charge >= 0.3 is 0 Å². The number of nitrogens with zero attached hydrogens (tertiary/aromatic N) is 1. The summed E-state index contributed by atoms with van der Waals surface area (Å²) in [5.41, 5.74) is 0. The van der Waals surface area contributed by atoms with E-state index >= 15 is 0 Å². The Morgan fingerprint density at radius 2 is 2.14 bits per heavy atom. The Morgan fingerprint density at radius 1 is 1.71 bits per heavy atom. The van der Waals surface area contributed by atoms with Gasteiger partial charge in [-0.2, -0.15) is 0 Å². The molecule has 0 heterocycles. The summed E-state index contributed by atoms with van der Waals surface area (Å²) in [6.07, 6.45) is 0.524. The first-order chi connectivity index (χ1) is 2.81. The van der Waals surface area contributed by atoms with Gasteiger partial charge in [0.25, 0.3) is 0 Å². The van der Waals surface area contributed by atoms with Gasteiger partial charge in [-0.3, -0.25) is 0 Å². The molecule has 0 rings (SSSR count). The zero-order valence-corrected chi connectivity index (χ0v) is 7.40. The topological polar surface area (TPSA) is 31.2 Å². The van der Waals surface area contributed by atoms with Gasteiger partial charge in [-0.15, -0.1) is 7.05 Å². The molecule has 0 radical (unpaired) electrons. The van der Waals surface area contributed by atoms with Crippen molar-refractivity contribution < 1.29 is 25.9 Å². The van der Waals surface area contributed by atoms with Crippen LogP contribution in [0.2, 0.25) is 0 Å². The van der Waals surface area contributed by atoms with E-state index in [2.05, 4.69) is 5.32 Å². The third-order valence-electron chi connectivity index (χ3n) is 0.552. The van der Waals surface area contributed by atoms with Crippen molar-refractivity contribution in [3.63, 3.8) is 0 Å². The monoisotopic (exact) mass is 270 g/mol. The summed E-state index contributed by atoms with van der Waals surface area (Å²) < 4.78 is 0. The molecule has 0 saturated heterocycles. The molecule has 0 saturated carbocycles. The fourth-order valence-electron chi connectivity index (χ4n) is 0.158. The van der Waals surface area contributed by atoms with Crippen LogP contribution < -0.4 is 0 Å². The van der Waals surface area contributed by atoms with Gasteiger partial charge in [-0.1, -0.05) is 6.92 Å². The molecule has 0 spiro atoms. The van der Waals surface area contributed by atoms with Crippen LogP contribution in [0.25, 0.3) is 5.32 Å². The van der Waals surface area contributed by atoms with E-state index in [0.29, 0.717) is 6.42 Å². The number of hydrogen-bond donors (Lipinski definition) is 0. The summed E-state index contributed by atoms with van der Waals surface area (Å²) in [5, 5.41) is 3.37. The van der Waals surface area contributed by atoms with Crippen molar-refractivity contribution in [1.29, 1.82) is 0 Å². The SMILES string of the molecule is CCC(=O)[N-]C.[W]. The van der Waals surface area contributed by atoms with Crippen molar-refractivity contribution in [1.82, 2.24) is 0 Å². The van der Waals surface area contributed by atoms with E-state index in [0.717, 1.165) is 0 Å². The molecule has 1 amide bonds. The Hall–Kier alpha value is 0.158. The maximum atomic E-state index is 10.0. The van der Waals surface area contributed by atoms with Gasteiger partial charge in [-0.25, -0.2) is 0 Å². The molecule has 42 valence electrons. The maximum Gasteiger partial charge on any atom is 0.0506 e. The van der Waals surface area contributed by atoms with E-state index in [1.165, 1.54) is 7.05 Å². The fourth-order valence-corrected chi connectivity index (χ4v) is 0.158. The minimum absolute atomic E-state index is 0. The molecule has 0 fully saturated rings. The predicted molar refractivity (Wildman–Crippen MR) is 24.6 cm³/mol. The molecule has 2 nitrogen and oxygen atoms in total. The molecule has 3 heteroatoms. The standard InChI is InChI=1S/C4H9NO.W/c1-3-4(6)5-2;/h3H2,1-2H3,(H,5,6);/p-1. The number of amides is 1. The number of carbonyl (C=O) groups is 1. The molecular weight excluding hydrogens is 262 g/mol. The molecule has 7 heavy (non-hydrogen) atoms. The van der Waals surface area contributed by atoms with Crippen LogP contribution in [0.4, 0.5) is 0 Å². The molecule has 0 aromatic heterocycles. The Kier molecular flexibility index (Phi) is 8.98. The Labute approximate surface area is 57.9 Å². The van der Waals surface area contributed by atoms with Crippen molar-refractivity contribution in [3.8, 4) is 0 Å². The molecule has 0 aliphatic rings. The summed E-state index contributed by atoms with van der Waals surface area (Å²) in [5.74, 6) is -0.0324. The van der Waals surface area contributed by atoms with Crippen LogP contribution in [0.5, 0.6) is 0 Å². The van der Waals surface area contributed by atoms with E-state index in [9.17, 15) is 4.79 Å². The van der Waals surface area contributed by atoms with Gasteiger partial charge in [0, 0.05) is 21.1 Å². The number of rotatable bonds is 1. The Balaban J connectivity index is 0. The molecular formula is C4H8NOW-. The smallest absolute Gasteiger partial charge is 0.0506 e. The van der Waals surface area contributed by atoms with Crippen LogP contribution in [0.15, 0.2) is 0 Å². The van der Waals surface area contributed by atoms with Crippen LogP contribution in [0.3, 0.4) is 0 Å². The summed E-state index contributed by atoms with van der Waals surface area (Å²) >= 11 is 0. The van der Waals surface area contributed by atoms with Crippen molar-refractivity contribution in [3.05, 3.63) is 5.32 Å². The second kappa shape index (κ2) is 6.16. The Bertz CT molecular complexity index is 49.7. The van der Waals surface area contributed by atoms with Crippen molar-refractivity contribution >= 4 is 5.91 Å². The minimum Gasteiger partial charge on any atom is -0.656 e. The molecule has 0 N–H and O–H groups in total. The molecule has 0 aromatic rings. The van der Waals surface area contributed by atoms with Gasteiger partial charge in [-0.05, 0) is 6.42 Å². The normalized spacial score (nSPS) is 6.57. The second-order valence-corrected chi connectivity index (χ2v) is 0.971. The average molecular weight is 270 g/mol. The van der Waals surface area contributed by atoms with E-state index in [-0.39, 0.29) is 27.0 Å². The Morgan fingerprint density at radius 3 is 2.14 bits per heavy atom. The quantitative estimate of drug-likeness (QED) is 0.697. The first-order valence-electron chi connectivity index (χ1n) is 1.94. The maximum absolute atomic E-state index is 10.0. The summed E-state index contributed by atoms with van der Waals surface area (Å²) in [6.45, 7) is 1.79. The largest absolute Gasteiger partial charge is 0.656 e.